The summed E-state index contributed by atoms with van der Waals surface area (Å²) in [7, 11) is 0. The molecule has 1 nitrogen and oxygen atoms in total. The fraction of sp³-hybridized carbons (Fsp3) is 0.467. The van der Waals surface area contributed by atoms with Crippen molar-refractivity contribution in [3.05, 3.63) is 34.3 Å². The molecule has 3 rings (SSSR count). The molecule has 0 unspecified atom stereocenters. The Kier molecular flexibility index (Phi) is 3.09. The first-order valence-electron chi connectivity index (χ1n) is 6.30. The fourth-order valence-corrected chi connectivity index (χ4v) is 2.57. The summed E-state index contributed by atoms with van der Waals surface area (Å²) in [4.78, 5) is 2.41. The molecule has 17 heavy (non-hydrogen) atoms. The van der Waals surface area contributed by atoms with Gasteiger partial charge in [-0.3, -0.25) is 4.90 Å². The van der Waals surface area contributed by atoms with Gasteiger partial charge in [0, 0.05) is 24.0 Å². The predicted octanol–water partition coefficient (Wildman–Crippen LogP) is 3.11. The van der Waals surface area contributed by atoms with E-state index < -0.39 is 0 Å². The summed E-state index contributed by atoms with van der Waals surface area (Å²) in [5.74, 6) is 7.34. The normalized spacial score (nSPS) is 19.4. The minimum Gasteiger partial charge on any atom is -0.288 e. The van der Waals surface area contributed by atoms with Crippen molar-refractivity contribution >= 4 is 11.6 Å². The molecule has 1 fully saturated rings. The Morgan fingerprint density at radius 1 is 1.35 bits per heavy atom. The van der Waals surface area contributed by atoms with Crippen LogP contribution < -0.4 is 0 Å². The molecule has 1 aromatic rings. The Morgan fingerprint density at radius 3 is 3.06 bits per heavy atom. The quantitative estimate of drug-likeness (QED) is 0.688. The molecular weight excluding hydrogens is 230 g/mol. The molecule has 1 aromatic carbocycles. The molecule has 0 N–H and O–H groups in total. The third kappa shape index (κ3) is 2.65. The monoisotopic (exact) mass is 245 g/mol. The van der Waals surface area contributed by atoms with E-state index in [9.17, 15) is 0 Å². The van der Waals surface area contributed by atoms with Gasteiger partial charge in [-0.25, -0.2) is 0 Å². The Hall–Kier alpha value is -0.970. The van der Waals surface area contributed by atoms with E-state index in [2.05, 4.69) is 22.8 Å². The molecule has 2 aliphatic rings. The van der Waals surface area contributed by atoms with Gasteiger partial charge in [0.1, 0.15) is 0 Å². The maximum Gasteiger partial charge on any atom is 0.0604 e. The number of nitrogens with zero attached hydrogens (tertiary/aromatic N) is 1. The van der Waals surface area contributed by atoms with E-state index in [1.165, 1.54) is 24.0 Å². The van der Waals surface area contributed by atoms with Gasteiger partial charge in [0.2, 0.25) is 0 Å². The van der Waals surface area contributed by atoms with Crippen molar-refractivity contribution in [1.82, 2.24) is 4.90 Å². The van der Waals surface area contributed by atoms with Gasteiger partial charge in [-0.05, 0) is 36.5 Å². The van der Waals surface area contributed by atoms with Crippen molar-refractivity contribution in [2.75, 3.05) is 13.1 Å². The molecule has 2 heteroatoms. The highest BCUT2D eigenvalue weighted by Gasteiger charge is 2.19. The van der Waals surface area contributed by atoms with Crippen molar-refractivity contribution < 1.29 is 0 Å². The van der Waals surface area contributed by atoms with Gasteiger partial charge in [0.25, 0.3) is 0 Å². The van der Waals surface area contributed by atoms with Crippen molar-refractivity contribution in [2.24, 2.45) is 5.92 Å². The predicted molar refractivity (Wildman–Crippen MR) is 70.9 cm³/mol. The van der Waals surface area contributed by atoms with Crippen LogP contribution in [0.4, 0.5) is 0 Å². The molecule has 88 valence electrons. The topological polar surface area (TPSA) is 3.24 Å². The van der Waals surface area contributed by atoms with Crippen molar-refractivity contribution in [3.63, 3.8) is 0 Å². The lowest BCUT2D eigenvalue weighted by Crippen LogP contribution is -2.30. The molecule has 1 heterocycles. The summed E-state index contributed by atoms with van der Waals surface area (Å²) in [6, 6.07) is 6.21. The van der Waals surface area contributed by atoms with E-state index >= 15 is 0 Å². The zero-order chi connectivity index (χ0) is 11.7. The van der Waals surface area contributed by atoms with Gasteiger partial charge >= 0.3 is 0 Å². The van der Waals surface area contributed by atoms with Crippen LogP contribution in [-0.4, -0.2) is 18.0 Å². The van der Waals surface area contributed by atoms with Gasteiger partial charge in [-0.1, -0.05) is 35.6 Å². The van der Waals surface area contributed by atoms with Crippen molar-refractivity contribution in [1.29, 1.82) is 0 Å². The average Bonchev–Trinajstić information content (AvgIpc) is 3.13. The summed E-state index contributed by atoms with van der Waals surface area (Å²) in [5, 5.41) is 0.922. The minimum atomic E-state index is 0.710. The second kappa shape index (κ2) is 4.72. The molecule has 1 aliphatic carbocycles. The standard InChI is InChI=1S/C15H16ClN/c16-15-5-1-4-13-11-17(10-8-14(13)15)9-2-3-12-6-7-12/h1,4-5,12H,6-11H2. The van der Waals surface area contributed by atoms with Crippen LogP contribution in [0.15, 0.2) is 18.2 Å². The zero-order valence-electron chi connectivity index (χ0n) is 9.88. The molecule has 0 bridgehead atoms. The van der Waals surface area contributed by atoms with E-state index in [-0.39, 0.29) is 0 Å². The summed E-state index contributed by atoms with van der Waals surface area (Å²) in [6.45, 7) is 2.98. The molecule has 0 aromatic heterocycles. The second-order valence-corrected chi connectivity index (χ2v) is 5.34. The van der Waals surface area contributed by atoms with Crippen LogP contribution in [0.3, 0.4) is 0 Å². The lowest BCUT2D eigenvalue weighted by Gasteiger charge is -2.27. The summed E-state index contributed by atoms with van der Waals surface area (Å²) >= 11 is 6.20. The third-order valence-electron chi connectivity index (χ3n) is 3.47. The Labute approximate surface area is 108 Å². The second-order valence-electron chi connectivity index (χ2n) is 4.93. The number of hydrogen-bond acceptors (Lipinski definition) is 1. The van der Waals surface area contributed by atoms with Gasteiger partial charge < -0.3 is 0 Å². The molecule has 0 atom stereocenters. The smallest absolute Gasteiger partial charge is 0.0604 e. The first-order valence-corrected chi connectivity index (χ1v) is 6.68. The Bertz CT molecular complexity index is 479. The van der Waals surface area contributed by atoms with Crippen LogP contribution in [-0.2, 0) is 13.0 Å². The molecule has 0 amide bonds. The molecule has 0 saturated heterocycles. The van der Waals surface area contributed by atoms with Crippen molar-refractivity contribution in [3.8, 4) is 11.8 Å². The lowest BCUT2D eigenvalue weighted by atomic mass is 10.00. The van der Waals surface area contributed by atoms with E-state index in [1.54, 1.807) is 0 Å². The Balaban J connectivity index is 1.66. The SMILES string of the molecule is Clc1cccc2c1CCN(CC#CC1CC1)C2. The van der Waals surface area contributed by atoms with Crippen LogP contribution in [0.5, 0.6) is 0 Å². The van der Waals surface area contributed by atoms with E-state index in [0.29, 0.717) is 5.92 Å². The van der Waals surface area contributed by atoms with E-state index in [4.69, 9.17) is 11.6 Å². The first-order chi connectivity index (χ1) is 8.33. The highest BCUT2D eigenvalue weighted by molar-refractivity contribution is 6.31. The van der Waals surface area contributed by atoms with Crippen LogP contribution >= 0.6 is 11.6 Å². The number of rotatable bonds is 1. The highest BCUT2D eigenvalue weighted by atomic mass is 35.5. The maximum atomic E-state index is 6.20. The molecular formula is C15H16ClN. The first kappa shape index (κ1) is 11.1. The zero-order valence-corrected chi connectivity index (χ0v) is 10.6. The van der Waals surface area contributed by atoms with Gasteiger partial charge in [0.05, 0.1) is 6.54 Å². The third-order valence-corrected chi connectivity index (χ3v) is 3.83. The highest BCUT2D eigenvalue weighted by Crippen LogP contribution is 2.28. The molecule has 0 spiro atoms. The Morgan fingerprint density at radius 2 is 2.24 bits per heavy atom. The van der Waals surface area contributed by atoms with Crippen LogP contribution in [0.25, 0.3) is 0 Å². The van der Waals surface area contributed by atoms with Crippen LogP contribution in [0, 0.1) is 17.8 Å². The van der Waals surface area contributed by atoms with Gasteiger partial charge in [-0.15, -0.1) is 0 Å². The average molecular weight is 246 g/mol. The van der Waals surface area contributed by atoms with Gasteiger partial charge in [-0.2, -0.15) is 0 Å². The molecule has 0 radical (unpaired) electrons. The summed E-state index contributed by atoms with van der Waals surface area (Å²) in [6.07, 6.45) is 3.68. The van der Waals surface area contributed by atoms with E-state index in [0.717, 1.165) is 31.1 Å². The molecule has 1 aliphatic heterocycles. The maximum absolute atomic E-state index is 6.20. The van der Waals surface area contributed by atoms with Crippen LogP contribution in [0.2, 0.25) is 5.02 Å². The minimum absolute atomic E-state index is 0.710. The van der Waals surface area contributed by atoms with Crippen LogP contribution in [0.1, 0.15) is 24.0 Å². The number of halogens is 1. The molecule has 1 saturated carbocycles. The summed E-state index contributed by atoms with van der Waals surface area (Å²) < 4.78 is 0. The fourth-order valence-electron chi connectivity index (χ4n) is 2.29. The van der Waals surface area contributed by atoms with E-state index in [1.807, 2.05) is 12.1 Å². The lowest BCUT2D eigenvalue weighted by molar-refractivity contribution is 0.286. The van der Waals surface area contributed by atoms with Gasteiger partial charge in [0.15, 0.2) is 0 Å². The number of fused-ring (bicyclic) bond motifs is 1. The number of benzene rings is 1. The summed E-state index contributed by atoms with van der Waals surface area (Å²) in [5.41, 5.74) is 2.71. The van der Waals surface area contributed by atoms with Crippen molar-refractivity contribution in [2.45, 2.75) is 25.8 Å². The number of hydrogen-bond donors (Lipinski definition) is 0. The largest absolute Gasteiger partial charge is 0.288 e.